The van der Waals surface area contributed by atoms with E-state index in [0.717, 1.165) is 16.8 Å². The van der Waals surface area contributed by atoms with Gasteiger partial charge < -0.3 is 9.15 Å². The van der Waals surface area contributed by atoms with Crippen molar-refractivity contribution in [3.63, 3.8) is 0 Å². The number of hydrogen-bond donors (Lipinski definition) is 0. The number of aromatic nitrogens is 5. The van der Waals surface area contributed by atoms with Crippen molar-refractivity contribution in [2.24, 2.45) is 0 Å². The highest BCUT2D eigenvalue weighted by Gasteiger charge is 2.14. The zero-order valence-electron chi connectivity index (χ0n) is 17.8. The van der Waals surface area contributed by atoms with E-state index in [1.165, 1.54) is 0 Å². The van der Waals surface area contributed by atoms with Crippen LogP contribution in [0.2, 0.25) is 0 Å². The number of para-hydroxylation sites is 1. The van der Waals surface area contributed by atoms with Crippen LogP contribution in [0.25, 0.3) is 28.6 Å². The van der Waals surface area contributed by atoms with Gasteiger partial charge in [0, 0.05) is 11.1 Å². The second-order valence-electron chi connectivity index (χ2n) is 7.37. The summed E-state index contributed by atoms with van der Waals surface area (Å²) in [5.74, 6) is 0.378. The molecule has 0 radical (unpaired) electrons. The Kier molecular flexibility index (Phi) is 5.47. The third kappa shape index (κ3) is 4.40. The van der Waals surface area contributed by atoms with Crippen LogP contribution in [-0.4, -0.2) is 31.2 Å². The lowest BCUT2D eigenvalue weighted by Gasteiger charge is -2.03. The van der Waals surface area contributed by atoms with E-state index in [1.807, 2.05) is 61.5 Å². The Morgan fingerprint density at radius 1 is 0.879 bits per heavy atom. The molecule has 0 N–H and O–H groups in total. The predicted molar refractivity (Wildman–Crippen MR) is 120 cm³/mol. The third-order valence-electron chi connectivity index (χ3n) is 5.08. The van der Waals surface area contributed by atoms with Crippen LogP contribution in [0.1, 0.15) is 21.6 Å². The molecule has 0 spiro atoms. The number of carbonyl (C=O) groups excluding carboxylic acids is 1. The van der Waals surface area contributed by atoms with Crippen molar-refractivity contribution in [2.75, 3.05) is 0 Å². The van der Waals surface area contributed by atoms with Crippen LogP contribution >= 0.6 is 0 Å². The fraction of sp³-hybridized carbons (Fsp3) is 0.0800. The van der Waals surface area contributed by atoms with E-state index < -0.39 is 5.97 Å². The summed E-state index contributed by atoms with van der Waals surface area (Å²) in [5.41, 5.74) is 4.50. The van der Waals surface area contributed by atoms with Gasteiger partial charge in [0.25, 0.3) is 0 Å². The lowest BCUT2D eigenvalue weighted by atomic mass is 10.1. The number of carbonyl (C=O) groups is 1. The molecule has 5 aromatic rings. The lowest BCUT2D eigenvalue weighted by Crippen LogP contribution is -2.05. The third-order valence-corrected chi connectivity index (χ3v) is 5.08. The van der Waals surface area contributed by atoms with Gasteiger partial charge in [-0.15, -0.1) is 15.3 Å². The monoisotopic (exact) mass is 437 g/mol. The van der Waals surface area contributed by atoms with Gasteiger partial charge in [-0.3, -0.25) is 0 Å². The van der Waals surface area contributed by atoms with Gasteiger partial charge in [-0.25, -0.2) is 9.48 Å². The fourth-order valence-corrected chi connectivity index (χ4v) is 3.30. The Labute approximate surface area is 189 Å². The molecule has 0 unspecified atom stereocenters. The molecule has 0 aliphatic heterocycles. The predicted octanol–water partition coefficient (Wildman–Crippen LogP) is 4.65. The summed E-state index contributed by atoms with van der Waals surface area (Å²) in [6, 6.07) is 24.2. The van der Waals surface area contributed by atoms with Gasteiger partial charge in [0.2, 0.25) is 11.8 Å². The van der Waals surface area contributed by atoms with Crippen molar-refractivity contribution < 1.29 is 13.9 Å². The quantitative estimate of drug-likeness (QED) is 0.357. The Morgan fingerprint density at radius 2 is 1.61 bits per heavy atom. The summed E-state index contributed by atoms with van der Waals surface area (Å²) in [6.45, 7) is 2.01. The van der Waals surface area contributed by atoms with Crippen LogP contribution in [0.4, 0.5) is 0 Å². The topological polar surface area (TPSA) is 95.9 Å². The van der Waals surface area contributed by atoms with E-state index >= 15 is 0 Å². The number of ether oxygens (including phenoxy) is 1. The summed E-state index contributed by atoms with van der Waals surface area (Å²) in [6.07, 6.45) is 1.73. The molecular weight excluding hydrogens is 418 g/mol. The SMILES string of the molecule is Cc1ccccc1-c1nnc(-c2ccc(C(=O)OCc3cn(-c4ccccc4)nn3)cc2)o1. The molecule has 33 heavy (non-hydrogen) atoms. The Bertz CT molecular complexity index is 1390. The molecule has 0 saturated heterocycles. The minimum atomic E-state index is -0.457. The Morgan fingerprint density at radius 3 is 2.39 bits per heavy atom. The van der Waals surface area contributed by atoms with Crippen molar-refractivity contribution in [3.8, 4) is 28.6 Å². The van der Waals surface area contributed by atoms with Gasteiger partial charge >= 0.3 is 5.97 Å². The average Bonchev–Trinajstić information content (AvgIpc) is 3.54. The minimum absolute atomic E-state index is 0.0247. The highest BCUT2D eigenvalue weighted by atomic mass is 16.5. The normalized spacial score (nSPS) is 10.8. The molecule has 0 atom stereocenters. The molecule has 8 nitrogen and oxygen atoms in total. The number of aryl methyl sites for hydroxylation is 1. The zero-order valence-corrected chi connectivity index (χ0v) is 17.8. The number of esters is 1. The number of nitrogens with zero attached hydrogens (tertiary/aromatic N) is 5. The van der Waals surface area contributed by atoms with E-state index in [-0.39, 0.29) is 6.61 Å². The standard InChI is InChI=1S/C25H19N5O3/c1-17-7-5-6-10-22(17)24-28-27-23(33-24)18-11-13-19(14-12-18)25(31)32-16-20-15-30(29-26-20)21-8-3-2-4-9-21/h2-15H,16H2,1H3. The Hall–Kier alpha value is -4.59. The van der Waals surface area contributed by atoms with Gasteiger partial charge in [-0.1, -0.05) is 41.6 Å². The van der Waals surface area contributed by atoms with Crippen molar-refractivity contribution in [3.05, 3.63) is 102 Å². The molecule has 3 aromatic carbocycles. The molecule has 5 rings (SSSR count). The van der Waals surface area contributed by atoms with Crippen LogP contribution in [0.5, 0.6) is 0 Å². The molecule has 0 amide bonds. The smallest absolute Gasteiger partial charge is 0.338 e. The first-order valence-electron chi connectivity index (χ1n) is 10.3. The van der Waals surface area contributed by atoms with Crippen LogP contribution in [0.15, 0.2) is 89.5 Å². The first kappa shape index (κ1) is 20.3. The molecule has 0 saturated carbocycles. The summed E-state index contributed by atoms with van der Waals surface area (Å²) in [7, 11) is 0. The van der Waals surface area contributed by atoms with Crippen molar-refractivity contribution >= 4 is 5.97 Å². The lowest BCUT2D eigenvalue weighted by molar-refractivity contribution is 0.0467. The molecule has 8 heteroatoms. The van der Waals surface area contributed by atoms with E-state index in [0.29, 0.717) is 28.6 Å². The second kappa shape index (κ2) is 8.88. The van der Waals surface area contributed by atoms with E-state index in [1.54, 1.807) is 35.1 Å². The highest BCUT2D eigenvalue weighted by Crippen LogP contribution is 2.26. The maximum Gasteiger partial charge on any atom is 0.338 e. The number of hydrogen-bond acceptors (Lipinski definition) is 7. The van der Waals surface area contributed by atoms with Crippen LogP contribution in [0, 0.1) is 6.92 Å². The summed E-state index contributed by atoms with van der Waals surface area (Å²) < 4.78 is 12.8. The van der Waals surface area contributed by atoms with E-state index in [9.17, 15) is 4.79 Å². The Balaban J connectivity index is 1.23. The van der Waals surface area contributed by atoms with Crippen LogP contribution < -0.4 is 0 Å². The zero-order chi connectivity index (χ0) is 22.6. The molecule has 0 aliphatic rings. The average molecular weight is 437 g/mol. The summed E-state index contributed by atoms with van der Waals surface area (Å²) >= 11 is 0. The summed E-state index contributed by atoms with van der Waals surface area (Å²) in [5, 5.41) is 16.4. The maximum absolute atomic E-state index is 12.4. The molecule has 0 bridgehead atoms. The first-order valence-corrected chi connectivity index (χ1v) is 10.3. The van der Waals surface area contributed by atoms with Gasteiger partial charge in [-0.2, -0.15) is 0 Å². The summed E-state index contributed by atoms with van der Waals surface area (Å²) in [4.78, 5) is 12.4. The molecule has 0 fully saturated rings. The van der Waals surface area contributed by atoms with Gasteiger partial charge in [0.1, 0.15) is 12.3 Å². The molecule has 2 aromatic heterocycles. The molecular formula is C25H19N5O3. The van der Waals surface area contributed by atoms with E-state index in [4.69, 9.17) is 9.15 Å². The first-order chi connectivity index (χ1) is 16.2. The molecule has 0 aliphatic carbocycles. The second-order valence-corrected chi connectivity index (χ2v) is 7.37. The largest absolute Gasteiger partial charge is 0.455 e. The van der Waals surface area contributed by atoms with Crippen LogP contribution in [-0.2, 0) is 11.3 Å². The molecule has 162 valence electrons. The van der Waals surface area contributed by atoms with Gasteiger partial charge in [0.15, 0.2) is 0 Å². The van der Waals surface area contributed by atoms with Gasteiger partial charge in [0.05, 0.1) is 17.4 Å². The van der Waals surface area contributed by atoms with E-state index in [2.05, 4.69) is 20.5 Å². The maximum atomic E-state index is 12.4. The number of rotatable bonds is 6. The fourth-order valence-electron chi connectivity index (χ4n) is 3.30. The number of benzene rings is 3. The minimum Gasteiger partial charge on any atom is -0.455 e. The highest BCUT2D eigenvalue weighted by molar-refractivity contribution is 5.89. The van der Waals surface area contributed by atoms with Crippen LogP contribution in [0.3, 0.4) is 0 Å². The van der Waals surface area contributed by atoms with Crippen molar-refractivity contribution in [2.45, 2.75) is 13.5 Å². The van der Waals surface area contributed by atoms with Crippen molar-refractivity contribution in [1.82, 2.24) is 25.2 Å². The molecule has 2 heterocycles. The van der Waals surface area contributed by atoms with Crippen molar-refractivity contribution in [1.29, 1.82) is 0 Å². The van der Waals surface area contributed by atoms with Gasteiger partial charge in [-0.05, 0) is 55.0 Å².